The van der Waals surface area contributed by atoms with Crippen molar-refractivity contribution in [3.8, 4) is 11.5 Å². The third-order valence-electron chi connectivity index (χ3n) is 7.44. The van der Waals surface area contributed by atoms with Gasteiger partial charge in [0.05, 0.1) is 26.0 Å². The number of amides is 1. The van der Waals surface area contributed by atoms with Crippen LogP contribution in [0.2, 0.25) is 0 Å². The van der Waals surface area contributed by atoms with Gasteiger partial charge in [0.15, 0.2) is 11.5 Å². The molecule has 0 spiro atoms. The van der Waals surface area contributed by atoms with E-state index in [1.807, 2.05) is 42.1 Å². The molecule has 0 fully saturated rings. The summed E-state index contributed by atoms with van der Waals surface area (Å²) < 4.78 is 11.8. The summed E-state index contributed by atoms with van der Waals surface area (Å²) in [5, 5.41) is 5.27. The first kappa shape index (κ1) is 35.1. The lowest BCUT2D eigenvalue weighted by molar-refractivity contribution is -0.115. The average Bonchev–Trinajstić information content (AvgIpc) is 3.35. The fourth-order valence-corrected chi connectivity index (χ4v) is 6.02. The molecule has 0 saturated carbocycles. The molecular formula is C34H51BrN2O3S. The first-order chi connectivity index (χ1) is 19.6. The van der Waals surface area contributed by atoms with Crippen LogP contribution in [-0.4, -0.2) is 30.4 Å². The second-order valence-electron chi connectivity index (χ2n) is 10.9. The molecule has 1 N–H and O–H groups in total. The summed E-state index contributed by atoms with van der Waals surface area (Å²) in [5.41, 5.74) is 4.13. The lowest BCUT2D eigenvalue weighted by atomic mass is 10.1. The normalized spacial score (nSPS) is 12.6. The van der Waals surface area contributed by atoms with E-state index in [9.17, 15) is 4.79 Å². The first-order valence-corrected chi connectivity index (χ1v) is 16.4. The summed E-state index contributed by atoms with van der Waals surface area (Å²) in [6.45, 7) is 5.88. The fraction of sp³-hybridized carbons (Fsp3) is 0.559. The van der Waals surface area contributed by atoms with Crippen molar-refractivity contribution in [2.45, 2.75) is 104 Å². The topological polar surface area (TPSA) is 50.8 Å². The number of hydrogen-bond donors (Lipinski definition) is 1. The van der Waals surface area contributed by atoms with E-state index in [4.69, 9.17) is 9.47 Å². The molecule has 1 amide bonds. The molecule has 0 atom stereocenters. The van der Waals surface area contributed by atoms with Crippen LogP contribution in [0.3, 0.4) is 0 Å². The molecular weight excluding hydrogens is 596 g/mol. The van der Waals surface area contributed by atoms with Crippen LogP contribution in [0.5, 0.6) is 11.5 Å². The summed E-state index contributed by atoms with van der Waals surface area (Å²) in [6, 6.07) is 13.9. The SMILES string of the molecule is Br.CCCCCCCCCCCCCCOc1c(CC(=O)Nc2cccc(CN3CSC=C3C)c2)cccc1OC. The molecule has 3 rings (SSSR count). The van der Waals surface area contributed by atoms with Crippen LogP contribution in [0.4, 0.5) is 5.69 Å². The minimum Gasteiger partial charge on any atom is -0.493 e. The van der Waals surface area contributed by atoms with Gasteiger partial charge in [0.2, 0.25) is 5.91 Å². The predicted octanol–water partition coefficient (Wildman–Crippen LogP) is 9.90. The maximum absolute atomic E-state index is 13.0. The van der Waals surface area contributed by atoms with Crippen LogP contribution in [0, 0.1) is 0 Å². The highest BCUT2D eigenvalue weighted by Gasteiger charge is 2.15. The summed E-state index contributed by atoms with van der Waals surface area (Å²) >= 11 is 1.82. The van der Waals surface area contributed by atoms with Crippen molar-refractivity contribution in [1.82, 2.24) is 4.90 Å². The van der Waals surface area contributed by atoms with Gasteiger partial charge < -0.3 is 19.7 Å². The number of para-hydroxylation sites is 1. The maximum atomic E-state index is 13.0. The van der Waals surface area contributed by atoms with Gasteiger partial charge in [-0.25, -0.2) is 0 Å². The van der Waals surface area contributed by atoms with Gasteiger partial charge in [0, 0.05) is 23.5 Å². The van der Waals surface area contributed by atoms with Crippen LogP contribution < -0.4 is 14.8 Å². The number of halogens is 1. The Hall–Kier alpha value is -2.12. The summed E-state index contributed by atoms with van der Waals surface area (Å²) in [5.74, 6) is 2.28. The number of rotatable bonds is 20. The van der Waals surface area contributed by atoms with Crippen LogP contribution in [0.25, 0.3) is 0 Å². The number of hydrogen-bond acceptors (Lipinski definition) is 5. The van der Waals surface area contributed by atoms with E-state index >= 15 is 0 Å². The van der Waals surface area contributed by atoms with Gasteiger partial charge in [0.25, 0.3) is 0 Å². The highest BCUT2D eigenvalue weighted by Crippen LogP contribution is 2.32. The van der Waals surface area contributed by atoms with E-state index < -0.39 is 0 Å². The molecule has 0 bridgehead atoms. The lowest BCUT2D eigenvalue weighted by Gasteiger charge is -2.19. The van der Waals surface area contributed by atoms with Gasteiger partial charge in [-0.15, -0.1) is 28.7 Å². The smallest absolute Gasteiger partial charge is 0.228 e. The van der Waals surface area contributed by atoms with Crippen LogP contribution in [-0.2, 0) is 17.8 Å². The fourth-order valence-electron chi connectivity index (χ4n) is 5.08. The molecule has 228 valence electrons. The molecule has 2 aromatic rings. The maximum Gasteiger partial charge on any atom is 0.228 e. The highest BCUT2D eigenvalue weighted by molar-refractivity contribution is 8.93. The van der Waals surface area contributed by atoms with E-state index in [0.717, 1.165) is 30.1 Å². The number of carbonyl (C=O) groups excluding carboxylic acids is 1. The van der Waals surface area contributed by atoms with Crippen molar-refractivity contribution in [3.63, 3.8) is 0 Å². The van der Waals surface area contributed by atoms with E-state index in [-0.39, 0.29) is 29.3 Å². The molecule has 0 radical (unpaired) electrons. The average molecular weight is 648 g/mol. The third-order valence-corrected chi connectivity index (χ3v) is 8.41. The van der Waals surface area contributed by atoms with Crippen LogP contribution >= 0.6 is 28.7 Å². The Morgan fingerprint density at radius 3 is 2.22 bits per heavy atom. The Balaban J connectivity index is 0.00000588. The predicted molar refractivity (Wildman–Crippen MR) is 180 cm³/mol. The Kier molecular flexibility index (Phi) is 17.7. The monoisotopic (exact) mass is 646 g/mol. The van der Waals surface area contributed by atoms with Crippen LogP contribution in [0.15, 0.2) is 53.6 Å². The molecule has 2 aromatic carbocycles. The van der Waals surface area contributed by atoms with Gasteiger partial charge in [-0.3, -0.25) is 4.79 Å². The summed E-state index contributed by atoms with van der Waals surface area (Å²) in [6.07, 6.45) is 16.0. The van der Waals surface area contributed by atoms with Gasteiger partial charge in [-0.2, -0.15) is 0 Å². The molecule has 1 heterocycles. The van der Waals surface area contributed by atoms with Gasteiger partial charge in [-0.1, -0.05) is 102 Å². The largest absolute Gasteiger partial charge is 0.493 e. The molecule has 1 aliphatic heterocycles. The summed E-state index contributed by atoms with van der Waals surface area (Å²) in [4.78, 5) is 15.3. The number of nitrogens with zero attached hydrogens (tertiary/aromatic N) is 1. The molecule has 5 nitrogen and oxygen atoms in total. The second kappa shape index (κ2) is 20.7. The quantitative estimate of drug-likeness (QED) is 0.145. The standard InChI is InChI=1S/C34H50N2O3S.BrH/c1-4-5-6-7-8-9-10-11-12-13-14-15-22-39-34-30(19-17-21-32(34)38-3)24-33(37)35-31-20-16-18-29(23-31)25-36-27-40-26-28(36)2;/h16-21,23,26H,4-15,22,24-25,27H2,1-3H3,(H,35,37);1H. The van der Waals surface area contributed by atoms with E-state index in [1.165, 1.54) is 81.9 Å². The van der Waals surface area contributed by atoms with E-state index in [0.29, 0.717) is 18.1 Å². The zero-order valence-corrected chi connectivity index (χ0v) is 28.0. The van der Waals surface area contributed by atoms with E-state index in [2.05, 4.69) is 41.6 Å². The number of methoxy groups -OCH3 is 1. The number of nitrogens with one attached hydrogen (secondary N) is 1. The van der Waals surface area contributed by atoms with Gasteiger partial charge in [0.1, 0.15) is 0 Å². The van der Waals surface area contributed by atoms with Crippen molar-refractivity contribution >= 4 is 40.3 Å². The number of thioether (sulfide) groups is 1. The van der Waals surface area contributed by atoms with Gasteiger partial charge >= 0.3 is 0 Å². The molecule has 41 heavy (non-hydrogen) atoms. The number of anilines is 1. The zero-order chi connectivity index (χ0) is 28.4. The first-order valence-electron chi connectivity index (χ1n) is 15.3. The second-order valence-corrected chi connectivity index (χ2v) is 11.7. The molecule has 0 aliphatic carbocycles. The molecule has 0 unspecified atom stereocenters. The number of carbonyl (C=O) groups is 1. The minimum atomic E-state index is -0.0616. The van der Waals surface area contributed by atoms with Crippen molar-refractivity contribution in [2.75, 3.05) is 24.9 Å². The number of benzene rings is 2. The van der Waals surface area contributed by atoms with Gasteiger partial charge in [-0.05, 0) is 42.5 Å². The summed E-state index contributed by atoms with van der Waals surface area (Å²) in [7, 11) is 1.65. The Morgan fingerprint density at radius 2 is 1.59 bits per heavy atom. The number of allylic oxidation sites excluding steroid dienone is 1. The zero-order valence-electron chi connectivity index (χ0n) is 25.4. The number of unbranched alkanes of at least 4 members (excludes halogenated alkanes) is 11. The van der Waals surface area contributed by atoms with E-state index in [1.54, 1.807) is 7.11 Å². The van der Waals surface area contributed by atoms with Crippen LogP contribution in [0.1, 0.15) is 102 Å². The molecule has 0 aromatic heterocycles. The highest BCUT2D eigenvalue weighted by atomic mass is 79.9. The molecule has 1 aliphatic rings. The lowest BCUT2D eigenvalue weighted by Crippen LogP contribution is -2.18. The van der Waals surface area contributed by atoms with Crippen molar-refractivity contribution in [2.24, 2.45) is 0 Å². The minimum absolute atomic E-state index is 0. The Bertz CT molecular complexity index is 1060. The Morgan fingerprint density at radius 1 is 0.927 bits per heavy atom. The molecule has 0 saturated heterocycles. The van der Waals surface area contributed by atoms with Crippen molar-refractivity contribution in [1.29, 1.82) is 0 Å². The Labute approximate surface area is 263 Å². The van der Waals surface area contributed by atoms with Crippen molar-refractivity contribution < 1.29 is 14.3 Å². The number of ether oxygens (including phenoxy) is 2. The van der Waals surface area contributed by atoms with Crippen molar-refractivity contribution in [3.05, 3.63) is 64.7 Å². The third kappa shape index (κ3) is 13.2. The molecule has 7 heteroatoms.